The highest BCUT2D eigenvalue weighted by atomic mass is 16.6. The summed E-state index contributed by atoms with van der Waals surface area (Å²) in [5, 5.41) is 3.26. The average Bonchev–Trinajstić information content (AvgIpc) is 2.59. The Kier molecular flexibility index (Phi) is 2.06. The predicted molar refractivity (Wildman–Crippen MR) is 51.2 cm³/mol. The van der Waals surface area contributed by atoms with Crippen molar-refractivity contribution in [2.45, 2.75) is 0 Å². The van der Waals surface area contributed by atoms with Gasteiger partial charge in [0.1, 0.15) is 5.65 Å². The summed E-state index contributed by atoms with van der Waals surface area (Å²) in [5.74, 6) is 0.387. The number of ether oxygens (including phenoxy) is 1. The van der Waals surface area contributed by atoms with Crippen LogP contribution in [0.4, 0.5) is 4.79 Å². The second-order valence-electron chi connectivity index (χ2n) is 2.71. The predicted octanol–water partition coefficient (Wildman–Crippen LogP) is 1.28. The smallest absolute Gasteiger partial charge is 0.393 e. The number of nitrogens with zero attached hydrogens (tertiary/aromatic N) is 1. The first-order valence-corrected chi connectivity index (χ1v) is 4.13. The van der Waals surface area contributed by atoms with Gasteiger partial charge in [-0.25, -0.2) is 9.78 Å². The van der Waals surface area contributed by atoms with Gasteiger partial charge in [-0.05, 0) is 12.1 Å². The maximum absolute atomic E-state index is 10.9. The highest BCUT2D eigenvalue weighted by molar-refractivity contribution is 5.79. The van der Waals surface area contributed by atoms with Crippen molar-refractivity contribution >= 4 is 17.1 Å². The molecule has 2 heterocycles. The minimum Gasteiger partial charge on any atom is -0.393 e. The first-order chi connectivity index (χ1) is 6.79. The van der Waals surface area contributed by atoms with Crippen molar-refractivity contribution in [3.05, 3.63) is 24.4 Å². The van der Waals surface area contributed by atoms with Crippen LogP contribution in [-0.4, -0.2) is 23.1 Å². The number of H-pyrrole nitrogens is 1. The molecular formula is C9H9N3O2. The summed E-state index contributed by atoms with van der Waals surface area (Å²) in [5.41, 5.74) is 0.700. The molecule has 0 radical (unpaired) electrons. The molecule has 1 amide bonds. The van der Waals surface area contributed by atoms with Crippen molar-refractivity contribution in [2.24, 2.45) is 0 Å². The number of nitrogens with one attached hydrogen (secondary N) is 2. The van der Waals surface area contributed by atoms with Gasteiger partial charge in [-0.2, -0.15) is 0 Å². The van der Waals surface area contributed by atoms with Gasteiger partial charge in [-0.15, -0.1) is 0 Å². The van der Waals surface area contributed by atoms with E-state index in [2.05, 4.69) is 15.3 Å². The summed E-state index contributed by atoms with van der Waals surface area (Å²) in [7, 11) is 1.50. The number of amides is 1. The monoisotopic (exact) mass is 191 g/mol. The Morgan fingerprint density at radius 2 is 2.50 bits per heavy atom. The molecule has 2 N–H and O–H groups in total. The van der Waals surface area contributed by atoms with Gasteiger partial charge in [0.15, 0.2) is 0 Å². The molecule has 14 heavy (non-hydrogen) atoms. The van der Waals surface area contributed by atoms with Crippen molar-refractivity contribution < 1.29 is 9.53 Å². The topological polar surface area (TPSA) is 67.0 Å². The molecule has 0 fully saturated rings. The van der Waals surface area contributed by atoms with E-state index in [1.54, 1.807) is 12.3 Å². The molecule has 2 rings (SSSR count). The van der Waals surface area contributed by atoms with Crippen LogP contribution in [0.1, 0.15) is 0 Å². The second kappa shape index (κ2) is 3.37. The average molecular weight is 191 g/mol. The number of pyridine rings is 1. The fraction of sp³-hybridized carbons (Fsp3) is 0.111. The quantitative estimate of drug-likeness (QED) is 0.713. The van der Waals surface area contributed by atoms with Gasteiger partial charge >= 0.3 is 6.09 Å². The molecule has 0 spiro atoms. The zero-order valence-electron chi connectivity index (χ0n) is 7.57. The number of aromatic nitrogens is 2. The van der Waals surface area contributed by atoms with Crippen molar-refractivity contribution in [3.8, 4) is 5.88 Å². The van der Waals surface area contributed by atoms with Crippen LogP contribution in [0.2, 0.25) is 0 Å². The lowest BCUT2D eigenvalue weighted by Gasteiger charge is -1.97. The van der Waals surface area contributed by atoms with E-state index in [0.717, 1.165) is 5.39 Å². The van der Waals surface area contributed by atoms with Crippen molar-refractivity contribution in [3.63, 3.8) is 0 Å². The Morgan fingerprint density at radius 1 is 1.64 bits per heavy atom. The van der Waals surface area contributed by atoms with Crippen LogP contribution >= 0.6 is 0 Å². The second-order valence-corrected chi connectivity index (χ2v) is 2.71. The number of aromatic amines is 1. The molecule has 2 aromatic rings. The fourth-order valence-electron chi connectivity index (χ4n) is 1.14. The maximum atomic E-state index is 10.9. The van der Waals surface area contributed by atoms with Gasteiger partial charge in [-0.1, -0.05) is 0 Å². The summed E-state index contributed by atoms with van der Waals surface area (Å²) in [6.07, 6.45) is 1.17. The molecule has 0 aliphatic carbocycles. The van der Waals surface area contributed by atoms with Gasteiger partial charge < -0.3 is 15.0 Å². The molecule has 5 nitrogen and oxygen atoms in total. The summed E-state index contributed by atoms with van der Waals surface area (Å²) in [4.78, 5) is 17.8. The minimum absolute atomic E-state index is 0.387. The van der Waals surface area contributed by atoms with E-state index in [9.17, 15) is 4.79 Å². The normalized spacial score (nSPS) is 10.1. The summed E-state index contributed by atoms with van der Waals surface area (Å²) in [6.45, 7) is 0. The van der Waals surface area contributed by atoms with Crippen molar-refractivity contribution in [1.29, 1.82) is 0 Å². The lowest BCUT2D eigenvalue weighted by Crippen LogP contribution is -2.22. The van der Waals surface area contributed by atoms with E-state index in [-0.39, 0.29) is 0 Å². The number of hydrogen-bond acceptors (Lipinski definition) is 3. The molecule has 0 aromatic carbocycles. The van der Waals surface area contributed by atoms with Gasteiger partial charge in [0.25, 0.3) is 0 Å². The van der Waals surface area contributed by atoms with Gasteiger partial charge in [0.2, 0.25) is 5.88 Å². The zero-order valence-corrected chi connectivity index (χ0v) is 7.57. The van der Waals surface area contributed by atoms with Gasteiger partial charge in [-0.3, -0.25) is 0 Å². The highest BCUT2D eigenvalue weighted by Gasteiger charge is 2.05. The van der Waals surface area contributed by atoms with Crippen LogP contribution in [0, 0.1) is 0 Å². The number of fused-ring (bicyclic) bond motifs is 1. The summed E-state index contributed by atoms with van der Waals surface area (Å²) < 4.78 is 4.90. The Labute approximate surface area is 80.1 Å². The molecule has 0 aliphatic rings. The van der Waals surface area contributed by atoms with E-state index in [1.165, 1.54) is 7.05 Å². The molecule has 0 saturated heterocycles. The Hall–Kier alpha value is -2.04. The first kappa shape index (κ1) is 8.55. The largest absolute Gasteiger partial charge is 0.413 e. The molecule has 0 saturated carbocycles. The fourth-order valence-corrected chi connectivity index (χ4v) is 1.14. The summed E-state index contributed by atoms with van der Waals surface area (Å²) in [6, 6.07) is 5.42. The Balaban J connectivity index is 2.31. The molecule has 2 aromatic heterocycles. The van der Waals surface area contributed by atoms with Crippen molar-refractivity contribution in [1.82, 2.24) is 15.3 Å². The van der Waals surface area contributed by atoms with Crippen LogP contribution in [0.5, 0.6) is 5.88 Å². The third kappa shape index (κ3) is 1.52. The van der Waals surface area contributed by atoms with E-state index < -0.39 is 6.09 Å². The SMILES string of the molecule is CNC(=O)Oc1cc2cccnc2[nH]1. The van der Waals surface area contributed by atoms with Gasteiger partial charge in [0.05, 0.1) is 0 Å². The zero-order chi connectivity index (χ0) is 9.97. The standard InChI is InChI=1S/C9H9N3O2/c1-10-9(13)14-7-5-6-3-2-4-11-8(6)12-7/h2-5H,1H3,(H,10,13)(H,11,12). The molecule has 72 valence electrons. The van der Waals surface area contributed by atoms with Crippen LogP contribution in [-0.2, 0) is 0 Å². The number of carbonyl (C=O) groups is 1. The Bertz CT molecular complexity index is 431. The molecular weight excluding hydrogens is 182 g/mol. The third-order valence-corrected chi connectivity index (χ3v) is 1.77. The van der Waals surface area contributed by atoms with E-state index >= 15 is 0 Å². The lowest BCUT2D eigenvalue weighted by molar-refractivity contribution is 0.201. The van der Waals surface area contributed by atoms with Crippen molar-refractivity contribution in [2.75, 3.05) is 7.05 Å². The van der Waals surface area contributed by atoms with E-state index in [0.29, 0.717) is 11.5 Å². The molecule has 0 bridgehead atoms. The van der Waals surface area contributed by atoms with Crippen LogP contribution in [0.15, 0.2) is 24.4 Å². The van der Waals surface area contributed by atoms with E-state index in [4.69, 9.17) is 4.74 Å². The van der Waals surface area contributed by atoms with Crippen LogP contribution in [0.3, 0.4) is 0 Å². The number of rotatable bonds is 1. The van der Waals surface area contributed by atoms with Gasteiger partial charge in [0, 0.05) is 24.7 Å². The lowest BCUT2D eigenvalue weighted by atomic mass is 10.3. The molecule has 0 unspecified atom stereocenters. The number of carbonyl (C=O) groups excluding carboxylic acids is 1. The maximum Gasteiger partial charge on any atom is 0.413 e. The Morgan fingerprint density at radius 3 is 3.21 bits per heavy atom. The van der Waals surface area contributed by atoms with Crippen LogP contribution in [0.25, 0.3) is 11.0 Å². The number of hydrogen-bond donors (Lipinski definition) is 2. The molecule has 0 aliphatic heterocycles. The van der Waals surface area contributed by atoms with E-state index in [1.807, 2.05) is 12.1 Å². The molecule has 5 heteroatoms. The molecule has 0 atom stereocenters. The highest BCUT2D eigenvalue weighted by Crippen LogP contribution is 2.17. The van der Waals surface area contributed by atoms with Crippen LogP contribution < -0.4 is 10.1 Å². The minimum atomic E-state index is -0.503. The third-order valence-electron chi connectivity index (χ3n) is 1.77. The first-order valence-electron chi connectivity index (χ1n) is 4.13. The summed E-state index contributed by atoms with van der Waals surface area (Å²) >= 11 is 0.